The van der Waals surface area contributed by atoms with E-state index in [4.69, 9.17) is 0 Å². The molecular formula is C18H24N6O. The summed E-state index contributed by atoms with van der Waals surface area (Å²) in [5, 5.41) is 14.2. The van der Waals surface area contributed by atoms with Gasteiger partial charge in [0.1, 0.15) is 0 Å². The minimum Gasteiger partial charge on any atom is -0.317 e. The van der Waals surface area contributed by atoms with Gasteiger partial charge < -0.3 is 10.6 Å². The summed E-state index contributed by atoms with van der Waals surface area (Å²) in [5.74, 6) is 1.71. The van der Waals surface area contributed by atoms with E-state index < -0.39 is 0 Å². The number of hydrogen-bond donors (Lipinski definition) is 3. The zero-order valence-electron chi connectivity index (χ0n) is 14.5. The quantitative estimate of drug-likeness (QED) is 0.785. The van der Waals surface area contributed by atoms with Gasteiger partial charge in [0, 0.05) is 32.0 Å². The van der Waals surface area contributed by atoms with E-state index in [2.05, 4.69) is 38.2 Å². The molecule has 3 N–H and O–H groups in total. The molecule has 2 aromatic rings. The minimum absolute atomic E-state index is 0.0402. The van der Waals surface area contributed by atoms with Crippen LogP contribution in [0.4, 0.5) is 5.95 Å². The fourth-order valence-electron chi connectivity index (χ4n) is 3.69. The van der Waals surface area contributed by atoms with Crippen LogP contribution < -0.4 is 16.0 Å². The molecule has 1 aromatic heterocycles. The Morgan fingerprint density at radius 2 is 2.12 bits per heavy atom. The number of hydrogen-bond acceptors (Lipinski definition) is 5. The van der Waals surface area contributed by atoms with Crippen molar-refractivity contribution in [1.82, 2.24) is 25.4 Å². The Balaban J connectivity index is 1.40. The zero-order valence-corrected chi connectivity index (χ0v) is 14.5. The van der Waals surface area contributed by atoms with Gasteiger partial charge in [-0.2, -0.15) is 10.1 Å². The molecule has 1 saturated heterocycles. The van der Waals surface area contributed by atoms with Crippen LogP contribution in [0, 0.1) is 0 Å². The molecule has 0 spiro atoms. The second-order valence-corrected chi connectivity index (χ2v) is 6.83. The van der Waals surface area contributed by atoms with Crippen molar-refractivity contribution in [2.75, 3.05) is 18.4 Å². The summed E-state index contributed by atoms with van der Waals surface area (Å²) < 4.78 is 1.67. The second kappa shape index (κ2) is 6.93. The Labute approximate surface area is 147 Å². The number of nitrogens with one attached hydrogen (secondary N) is 3. The van der Waals surface area contributed by atoms with Gasteiger partial charge in [-0.05, 0) is 37.1 Å². The lowest BCUT2D eigenvalue weighted by atomic mass is 9.98. The first-order valence-corrected chi connectivity index (χ1v) is 8.93. The first-order chi connectivity index (χ1) is 12.2. The van der Waals surface area contributed by atoms with Crippen LogP contribution in [0.5, 0.6) is 0 Å². The molecular weight excluding hydrogens is 316 g/mol. The molecule has 0 saturated carbocycles. The summed E-state index contributed by atoms with van der Waals surface area (Å²) in [7, 11) is 1.83. The lowest BCUT2D eigenvalue weighted by Crippen LogP contribution is -2.27. The molecule has 1 aromatic carbocycles. The highest BCUT2D eigenvalue weighted by Gasteiger charge is 2.25. The molecule has 4 rings (SSSR count). The van der Waals surface area contributed by atoms with E-state index in [1.54, 1.807) is 4.68 Å². The average Bonchev–Trinajstić information content (AvgIpc) is 3.20. The van der Waals surface area contributed by atoms with E-state index >= 15 is 0 Å². The van der Waals surface area contributed by atoms with Crippen LogP contribution in [-0.4, -0.2) is 33.8 Å². The number of piperidine rings is 1. The third kappa shape index (κ3) is 3.43. The fourth-order valence-corrected chi connectivity index (χ4v) is 3.69. The number of aromatic nitrogens is 3. The maximum Gasteiger partial charge on any atom is 0.228 e. The van der Waals surface area contributed by atoms with Gasteiger partial charge >= 0.3 is 0 Å². The van der Waals surface area contributed by atoms with Crippen LogP contribution >= 0.6 is 0 Å². The Morgan fingerprint density at radius 3 is 2.96 bits per heavy atom. The highest BCUT2D eigenvalue weighted by atomic mass is 16.1. The number of benzene rings is 1. The molecule has 132 valence electrons. The standard InChI is InChI=1S/C18H24N6O/c1-24-18(22-17(23-24)12-6-8-19-9-7-12)21-16(25)10-15-14-5-3-2-4-13(14)11-20-15/h2-5,12,15,19-20H,6-11H2,1H3,(H,21,22,23,25). The van der Waals surface area contributed by atoms with Crippen molar-refractivity contribution in [3.05, 3.63) is 41.2 Å². The lowest BCUT2D eigenvalue weighted by molar-refractivity contribution is -0.116. The van der Waals surface area contributed by atoms with Crippen molar-refractivity contribution in [3.8, 4) is 0 Å². The first kappa shape index (κ1) is 16.2. The number of nitrogens with zero attached hydrogens (tertiary/aromatic N) is 3. The molecule has 0 radical (unpaired) electrons. The Hall–Kier alpha value is -2.25. The summed E-state index contributed by atoms with van der Waals surface area (Å²) in [6.07, 6.45) is 2.48. The summed E-state index contributed by atoms with van der Waals surface area (Å²) in [4.78, 5) is 17.0. The topological polar surface area (TPSA) is 83.9 Å². The molecule has 1 atom stereocenters. The molecule has 1 amide bonds. The third-order valence-electron chi connectivity index (χ3n) is 5.09. The Bertz CT molecular complexity index is 765. The van der Waals surface area contributed by atoms with Gasteiger partial charge in [0.15, 0.2) is 5.82 Å². The number of aryl methyl sites for hydroxylation is 1. The van der Waals surface area contributed by atoms with E-state index in [9.17, 15) is 4.79 Å². The predicted octanol–water partition coefficient (Wildman–Crippen LogP) is 1.46. The molecule has 25 heavy (non-hydrogen) atoms. The van der Waals surface area contributed by atoms with E-state index in [0.29, 0.717) is 18.3 Å². The predicted molar refractivity (Wildman–Crippen MR) is 95.1 cm³/mol. The number of carbonyl (C=O) groups is 1. The zero-order chi connectivity index (χ0) is 17.2. The number of carbonyl (C=O) groups excluding carboxylic acids is 1. The molecule has 7 nitrogen and oxygen atoms in total. The van der Waals surface area contributed by atoms with E-state index in [0.717, 1.165) is 38.3 Å². The number of rotatable bonds is 4. The summed E-state index contributed by atoms with van der Waals surface area (Å²) in [6.45, 7) is 2.81. The molecule has 2 aliphatic rings. The third-order valence-corrected chi connectivity index (χ3v) is 5.09. The first-order valence-electron chi connectivity index (χ1n) is 8.93. The van der Waals surface area contributed by atoms with Gasteiger partial charge in [0.25, 0.3) is 0 Å². The lowest BCUT2D eigenvalue weighted by Gasteiger charge is -2.19. The smallest absolute Gasteiger partial charge is 0.228 e. The highest BCUT2D eigenvalue weighted by Crippen LogP contribution is 2.28. The highest BCUT2D eigenvalue weighted by molar-refractivity contribution is 5.89. The monoisotopic (exact) mass is 340 g/mol. The van der Waals surface area contributed by atoms with Crippen LogP contribution in [0.2, 0.25) is 0 Å². The van der Waals surface area contributed by atoms with Gasteiger partial charge in [-0.25, -0.2) is 4.68 Å². The normalized spacial score (nSPS) is 20.4. The number of fused-ring (bicyclic) bond motifs is 1. The second-order valence-electron chi connectivity index (χ2n) is 6.83. The molecule has 0 bridgehead atoms. The van der Waals surface area contributed by atoms with Gasteiger partial charge in [-0.1, -0.05) is 24.3 Å². The number of amides is 1. The van der Waals surface area contributed by atoms with Gasteiger partial charge in [0.2, 0.25) is 11.9 Å². The Morgan fingerprint density at radius 1 is 1.32 bits per heavy atom. The van der Waals surface area contributed by atoms with Crippen molar-refractivity contribution in [1.29, 1.82) is 0 Å². The molecule has 7 heteroatoms. The van der Waals surface area contributed by atoms with Gasteiger partial charge in [-0.15, -0.1) is 0 Å². The van der Waals surface area contributed by atoms with Crippen LogP contribution in [0.15, 0.2) is 24.3 Å². The van der Waals surface area contributed by atoms with Crippen molar-refractivity contribution >= 4 is 11.9 Å². The molecule has 3 heterocycles. The van der Waals surface area contributed by atoms with Crippen LogP contribution in [0.1, 0.15) is 48.2 Å². The van der Waals surface area contributed by atoms with Crippen LogP contribution in [-0.2, 0) is 18.4 Å². The molecule has 1 fully saturated rings. The van der Waals surface area contributed by atoms with Crippen molar-refractivity contribution < 1.29 is 4.79 Å². The largest absolute Gasteiger partial charge is 0.317 e. The average molecular weight is 340 g/mol. The SMILES string of the molecule is Cn1nc(C2CCNCC2)nc1NC(=O)CC1NCc2ccccc21. The number of anilines is 1. The van der Waals surface area contributed by atoms with Gasteiger partial charge in [-0.3, -0.25) is 10.1 Å². The van der Waals surface area contributed by atoms with Crippen molar-refractivity contribution in [2.24, 2.45) is 7.05 Å². The Kier molecular flexibility index (Phi) is 4.50. The van der Waals surface area contributed by atoms with Crippen molar-refractivity contribution in [2.45, 2.75) is 37.8 Å². The van der Waals surface area contributed by atoms with Crippen molar-refractivity contribution in [3.63, 3.8) is 0 Å². The van der Waals surface area contributed by atoms with E-state index in [1.807, 2.05) is 19.2 Å². The van der Waals surface area contributed by atoms with Crippen LogP contribution in [0.25, 0.3) is 0 Å². The summed E-state index contributed by atoms with van der Waals surface area (Å²) in [5.41, 5.74) is 2.48. The van der Waals surface area contributed by atoms with Gasteiger partial charge in [0.05, 0.1) is 0 Å². The minimum atomic E-state index is -0.0402. The van der Waals surface area contributed by atoms with Crippen LogP contribution in [0.3, 0.4) is 0 Å². The fraction of sp³-hybridized carbons (Fsp3) is 0.500. The van der Waals surface area contributed by atoms with E-state index in [1.165, 1.54) is 11.1 Å². The molecule has 2 aliphatic heterocycles. The molecule has 1 unspecified atom stereocenters. The summed E-state index contributed by atoms with van der Waals surface area (Å²) in [6, 6.07) is 8.31. The maximum absolute atomic E-state index is 12.5. The van der Waals surface area contributed by atoms with E-state index in [-0.39, 0.29) is 11.9 Å². The molecule has 0 aliphatic carbocycles. The summed E-state index contributed by atoms with van der Waals surface area (Å²) >= 11 is 0. The maximum atomic E-state index is 12.5.